The van der Waals surface area contributed by atoms with Crippen molar-refractivity contribution in [2.75, 3.05) is 18.6 Å². The van der Waals surface area contributed by atoms with Crippen molar-refractivity contribution in [1.82, 2.24) is 9.88 Å². The van der Waals surface area contributed by atoms with Gasteiger partial charge in [-0.3, -0.25) is 0 Å². The average Bonchev–Trinajstić information content (AvgIpc) is 2.59. The summed E-state index contributed by atoms with van der Waals surface area (Å²) in [5, 5.41) is 0. The zero-order chi connectivity index (χ0) is 9.54. The van der Waals surface area contributed by atoms with Crippen LogP contribution in [-0.2, 0) is 0 Å². The molecule has 70 valence electrons. The minimum atomic E-state index is 0.893. The average molecular weight is 185 g/mol. The molecule has 0 unspecified atom stereocenters. The summed E-state index contributed by atoms with van der Waals surface area (Å²) in [4.78, 5) is 8.78. The highest BCUT2D eigenvalue weighted by molar-refractivity contribution is 5.74. The summed E-state index contributed by atoms with van der Waals surface area (Å²) < 4.78 is 0. The number of hydrogen-bond acceptors (Lipinski definition) is 3. The summed E-state index contributed by atoms with van der Waals surface area (Å²) in [6.45, 7) is 0.893. The second-order valence-corrected chi connectivity index (χ2v) is 3.63. The Bertz CT molecular complexity index is 434. The first-order valence-electron chi connectivity index (χ1n) is 4.67. The van der Waals surface area contributed by atoms with E-state index < -0.39 is 0 Å². The zero-order valence-corrected chi connectivity index (χ0v) is 8.01. The minimum Gasteiger partial charge on any atom is -0.361 e. The Morgan fingerprint density at radius 2 is 2.29 bits per heavy atom. The second-order valence-electron chi connectivity index (χ2n) is 3.63. The van der Waals surface area contributed by atoms with Crippen LogP contribution in [0.3, 0.4) is 0 Å². The molecule has 2 aliphatic heterocycles. The van der Waals surface area contributed by atoms with Crippen LogP contribution in [0.25, 0.3) is 6.08 Å². The first-order chi connectivity index (χ1) is 6.84. The fourth-order valence-corrected chi connectivity index (χ4v) is 1.90. The van der Waals surface area contributed by atoms with Gasteiger partial charge in [-0.25, -0.2) is 4.98 Å². The molecule has 3 rings (SSSR count). The highest BCUT2D eigenvalue weighted by Gasteiger charge is 2.23. The van der Waals surface area contributed by atoms with Crippen molar-refractivity contribution in [2.45, 2.75) is 0 Å². The Hall–Kier alpha value is -1.77. The van der Waals surface area contributed by atoms with E-state index in [1.54, 1.807) is 0 Å². The highest BCUT2D eigenvalue weighted by Crippen LogP contribution is 2.31. The number of fused-ring (bicyclic) bond motifs is 3. The molecule has 0 N–H and O–H groups in total. The Morgan fingerprint density at radius 3 is 3.21 bits per heavy atom. The molecule has 0 saturated carbocycles. The van der Waals surface area contributed by atoms with Crippen LogP contribution in [0.2, 0.25) is 0 Å². The molecule has 0 spiro atoms. The van der Waals surface area contributed by atoms with Crippen LogP contribution in [-0.4, -0.2) is 23.6 Å². The van der Waals surface area contributed by atoms with Gasteiger partial charge in [-0.1, -0.05) is 0 Å². The van der Waals surface area contributed by atoms with Crippen LogP contribution in [0.1, 0.15) is 5.56 Å². The predicted octanol–water partition coefficient (Wildman–Crippen LogP) is 1.66. The van der Waals surface area contributed by atoms with E-state index >= 15 is 0 Å². The smallest absolute Gasteiger partial charge is 0.141 e. The molecule has 0 aromatic carbocycles. The largest absolute Gasteiger partial charge is 0.361 e. The Balaban J connectivity index is 2.14. The lowest BCUT2D eigenvalue weighted by Gasteiger charge is -2.24. The van der Waals surface area contributed by atoms with Gasteiger partial charge in [0.05, 0.1) is 12.4 Å². The van der Waals surface area contributed by atoms with E-state index in [0.29, 0.717) is 0 Å². The normalized spacial score (nSPS) is 17.9. The van der Waals surface area contributed by atoms with Crippen LogP contribution in [0, 0.1) is 0 Å². The molecule has 3 heterocycles. The summed E-state index contributed by atoms with van der Waals surface area (Å²) in [6, 6.07) is 4.06. The number of pyridine rings is 1. The summed E-state index contributed by atoms with van der Waals surface area (Å²) in [5.41, 5.74) is 2.42. The van der Waals surface area contributed by atoms with Crippen molar-refractivity contribution in [1.29, 1.82) is 0 Å². The van der Waals surface area contributed by atoms with Crippen LogP contribution in [0.4, 0.5) is 5.82 Å². The monoisotopic (exact) mass is 185 g/mol. The molecular weight excluding hydrogens is 174 g/mol. The lowest BCUT2D eigenvalue weighted by atomic mass is 10.1. The highest BCUT2D eigenvalue weighted by atomic mass is 15.4. The van der Waals surface area contributed by atoms with E-state index in [9.17, 15) is 0 Å². The Labute approximate surface area is 83.0 Å². The fourth-order valence-electron chi connectivity index (χ4n) is 1.90. The topological polar surface area (TPSA) is 19.4 Å². The first-order valence-corrected chi connectivity index (χ1v) is 4.67. The molecule has 14 heavy (non-hydrogen) atoms. The first kappa shape index (κ1) is 7.62. The van der Waals surface area contributed by atoms with Gasteiger partial charge in [0.2, 0.25) is 0 Å². The third kappa shape index (κ3) is 0.954. The third-order valence-electron chi connectivity index (χ3n) is 2.54. The van der Waals surface area contributed by atoms with Gasteiger partial charge in [0, 0.05) is 25.0 Å². The van der Waals surface area contributed by atoms with Gasteiger partial charge in [-0.2, -0.15) is 0 Å². The van der Waals surface area contributed by atoms with Gasteiger partial charge < -0.3 is 9.80 Å². The van der Waals surface area contributed by atoms with E-state index in [4.69, 9.17) is 0 Å². The van der Waals surface area contributed by atoms with Gasteiger partial charge in [-0.15, -0.1) is 0 Å². The maximum atomic E-state index is 4.40. The number of anilines is 1. The molecule has 0 atom stereocenters. The molecule has 3 nitrogen and oxygen atoms in total. The molecule has 0 fully saturated rings. The van der Waals surface area contributed by atoms with Crippen molar-refractivity contribution in [3.8, 4) is 0 Å². The number of allylic oxidation sites excluding steroid dienone is 1. The number of rotatable bonds is 0. The van der Waals surface area contributed by atoms with Gasteiger partial charge in [0.1, 0.15) is 5.82 Å². The van der Waals surface area contributed by atoms with Crippen molar-refractivity contribution in [2.24, 2.45) is 0 Å². The fraction of sp³-hybridized carbons (Fsp3) is 0.182. The molecular formula is C11H11N3. The van der Waals surface area contributed by atoms with Crippen molar-refractivity contribution in [3.63, 3.8) is 0 Å². The van der Waals surface area contributed by atoms with Crippen LogP contribution < -0.4 is 4.90 Å². The third-order valence-corrected chi connectivity index (χ3v) is 2.54. The van der Waals surface area contributed by atoms with Crippen molar-refractivity contribution in [3.05, 3.63) is 41.9 Å². The Kier molecular flexibility index (Phi) is 1.42. The van der Waals surface area contributed by atoms with Crippen molar-refractivity contribution >= 4 is 11.9 Å². The second kappa shape index (κ2) is 2.61. The van der Waals surface area contributed by atoms with E-state index in [0.717, 1.165) is 12.5 Å². The van der Waals surface area contributed by atoms with Crippen LogP contribution in [0.5, 0.6) is 0 Å². The summed E-state index contributed by atoms with van der Waals surface area (Å²) in [7, 11) is 2.07. The molecule has 3 heteroatoms. The molecule has 0 amide bonds. The standard InChI is InChI=1S/C11H11N3/c1-13-7-10-5-4-9-3-2-6-12-11(9)14(10)8-13/h2-7H,8H2,1H3. The molecule has 1 aromatic heterocycles. The quantitative estimate of drug-likeness (QED) is 0.612. The molecule has 2 aliphatic rings. The van der Waals surface area contributed by atoms with Crippen LogP contribution >= 0.6 is 0 Å². The van der Waals surface area contributed by atoms with E-state index in [-0.39, 0.29) is 0 Å². The summed E-state index contributed by atoms with van der Waals surface area (Å²) >= 11 is 0. The van der Waals surface area contributed by atoms with E-state index in [1.165, 1.54) is 11.3 Å². The SMILES string of the molecule is CN1C=C2C=Cc3cccnc3N2C1. The van der Waals surface area contributed by atoms with E-state index in [1.807, 2.05) is 12.3 Å². The Morgan fingerprint density at radius 1 is 1.36 bits per heavy atom. The van der Waals surface area contributed by atoms with Gasteiger partial charge in [-0.05, 0) is 24.3 Å². The van der Waals surface area contributed by atoms with E-state index in [2.05, 4.69) is 46.2 Å². The predicted molar refractivity (Wildman–Crippen MR) is 56.5 cm³/mol. The maximum absolute atomic E-state index is 4.40. The number of hydrogen-bond donors (Lipinski definition) is 0. The molecule has 1 aromatic rings. The van der Waals surface area contributed by atoms with Crippen molar-refractivity contribution < 1.29 is 0 Å². The van der Waals surface area contributed by atoms with Crippen LogP contribution in [0.15, 0.2) is 36.3 Å². The lowest BCUT2D eigenvalue weighted by molar-refractivity contribution is 0.494. The number of aromatic nitrogens is 1. The molecule has 0 aliphatic carbocycles. The maximum Gasteiger partial charge on any atom is 0.141 e. The minimum absolute atomic E-state index is 0.893. The summed E-state index contributed by atoms with van der Waals surface area (Å²) in [6.07, 6.45) is 8.22. The molecule has 0 saturated heterocycles. The van der Waals surface area contributed by atoms with Gasteiger partial charge >= 0.3 is 0 Å². The zero-order valence-electron chi connectivity index (χ0n) is 8.01. The van der Waals surface area contributed by atoms with Gasteiger partial charge in [0.15, 0.2) is 0 Å². The van der Waals surface area contributed by atoms with Gasteiger partial charge in [0.25, 0.3) is 0 Å². The molecule has 0 bridgehead atoms. The lowest BCUT2D eigenvalue weighted by Crippen LogP contribution is -2.26. The molecule has 0 radical (unpaired) electrons. The number of nitrogens with zero attached hydrogens (tertiary/aromatic N) is 3. The summed E-state index contributed by atoms with van der Waals surface area (Å²) in [5.74, 6) is 1.06.